The highest BCUT2D eigenvalue weighted by atomic mass is 35.5. The zero-order chi connectivity index (χ0) is 12.8. The van der Waals surface area contributed by atoms with Gasteiger partial charge in [0.1, 0.15) is 0 Å². The maximum absolute atomic E-state index is 12.0. The molecule has 0 atom stereocenters. The number of Topliss-reactive ketones (excluding diaryl/α,β-unsaturated/α-hetero) is 1. The number of hydrogen-bond donors (Lipinski definition) is 1. The van der Waals surface area contributed by atoms with Crippen molar-refractivity contribution in [3.63, 3.8) is 0 Å². The molecule has 1 aromatic carbocycles. The van der Waals surface area contributed by atoms with E-state index in [9.17, 15) is 4.79 Å². The van der Waals surface area contributed by atoms with Crippen molar-refractivity contribution in [1.82, 2.24) is 10.3 Å². The predicted molar refractivity (Wildman–Crippen MR) is 88.3 cm³/mol. The number of nitrogens with zero attached hydrogens (tertiary/aromatic N) is 1. The monoisotopic (exact) mass is 314 g/mol. The number of rotatable bonds is 6. The molecule has 2 rings (SSSR count). The summed E-state index contributed by atoms with van der Waals surface area (Å²) >= 11 is 0. The first kappa shape index (κ1) is 18.8. The molecule has 1 aromatic heterocycles. The predicted octanol–water partition coefficient (Wildman–Crippen LogP) is 3.65. The lowest BCUT2D eigenvalue weighted by molar-refractivity contribution is 0.0982. The van der Waals surface area contributed by atoms with E-state index in [2.05, 4.69) is 17.2 Å². The van der Waals surface area contributed by atoms with Crippen LogP contribution in [0.5, 0.6) is 0 Å². The van der Waals surface area contributed by atoms with E-state index in [0.717, 1.165) is 30.4 Å². The summed E-state index contributed by atoms with van der Waals surface area (Å²) in [6, 6.07) is 9.76. The number of para-hydroxylation sites is 1. The minimum absolute atomic E-state index is 0. The third kappa shape index (κ3) is 5.08. The standard InChI is InChI=1S/C15H18N2O.2ClH/c1-2-8-16-9-7-15(18)13-10-12-5-3-4-6-14(12)17-11-13;;/h3-6,10-11,16H,2,7-9H2,1H3;2*1H. The summed E-state index contributed by atoms with van der Waals surface area (Å²) < 4.78 is 0. The molecular formula is C15H20Cl2N2O. The topological polar surface area (TPSA) is 42.0 Å². The van der Waals surface area contributed by atoms with Crippen molar-refractivity contribution < 1.29 is 4.79 Å². The number of ketones is 1. The summed E-state index contributed by atoms with van der Waals surface area (Å²) in [4.78, 5) is 16.3. The van der Waals surface area contributed by atoms with Crippen LogP contribution in [0.25, 0.3) is 10.9 Å². The molecule has 0 spiro atoms. The molecule has 5 heteroatoms. The maximum Gasteiger partial charge on any atom is 0.165 e. The summed E-state index contributed by atoms with van der Waals surface area (Å²) in [7, 11) is 0. The maximum atomic E-state index is 12.0. The van der Waals surface area contributed by atoms with Crippen molar-refractivity contribution in [2.75, 3.05) is 13.1 Å². The van der Waals surface area contributed by atoms with Crippen LogP contribution in [0.3, 0.4) is 0 Å². The van der Waals surface area contributed by atoms with E-state index < -0.39 is 0 Å². The van der Waals surface area contributed by atoms with Gasteiger partial charge < -0.3 is 5.32 Å². The van der Waals surface area contributed by atoms with Gasteiger partial charge in [0.15, 0.2) is 5.78 Å². The lowest BCUT2D eigenvalue weighted by Crippen LogP contribution is -2.19. The Hall–Kier alpha value is -1.16. The van der Waals surface area contributed by atoms with Gasteiger partial charge in [0.25, 0.3) is 0 Å². The Labute approximate surface area is 132 Å². The molecule has 0 unspecified atom stereocenters. The molecule has 1 heterocycles. The van der Waals surface area contributed by atoms with Gasteiger partial charge >= 0.3 is 0 Å². The lowest BCUT2D eigenvalue weighted by Gasteiger charge is -2.04. The fourth-order valence-electron chi connectivity index (χ4n) is 1.87. The van der Waals surface area contributed by atoms with E-state index in [-0.39, 0.29) is 30.6 Å². The van der Waals surface area contributed by atoms with Gasteiger partial charge in [0.05, 0.1) is 5.52 Å². The van der Waals surface area contributed by atoms with Gasteiger partial charge in [-0.3, -0.25) is 9.78 Å². The average Bonchev–Trinajstić information content (AvgIpc) is 2.43. The van der Waals surface area contributed by atoms with E-state index in [4.69, 9.17) is 0 Å². The van der Waals surface area contributed by atoms with Crippen LogP contribution in [0.1, 0.15) is 30.1 Å². The molecule has 0 radical (unpaired) electrons. The van der Waals surface area contributed by atoms with Crippen LogP contribution in [0.15, 0.2) is 36.5 Å². The number of aromatic nitrogens is 1. The molecule has 20 heavy (non-hydrogen) atoms. The van der Waals surface area contributed by atoms with Crippen LogP contribution in [-0.4, -0.2) is 23.9 Å². The summed E-state index contributed by atoms with van der Waals surface area (Å²) in [6.07, 6.45) is 3.29. The van der Waals surface area contributed by atoms with Crippen LogP contribution in [0.4, 0.5) is 0 Å². The van der Waals surface area contributed by atoms with Gasteiger partial charge in [-0.1, -0.05) is 25.1 Å². The summed E-state index contributed by atoms with van der Waals surface area (Å²) in [5.74, 6) is 0.150. The molecule has 0 aliphatic rings. The van der Waals surface area contributed by atoms with Gasteiger partial charge in [-0.05, 0) is 25.1 Å². The summed E-state index contributed by atoms with van der Waals surface area (Å²) in [6.45, 7) is 3.81. The van der Waals surface area contributed by atoms with Crippen LogP contribution in [-0.2, 0) is 0 Å². The van der Waals surface area contributed by atoms with E-state index in [1.54, 1.807) is 6.20 Å². The fourth-order valence-corrected chi connectivity index (χ4v) is 1.87. The largest absolute Gasteiger partial charge is 0.316 e. The van der Waals surface area contributed by atoms with Crippen LogP contribution in [0.2, 0.25) is 0 Å². The highest BCUT2D eigenvalue weighted by Crippen LogP contribution is 2.13. The first-order chi connectivity index (χ1) is 8.81. The molecule has 0 amide bonds. The quantitative estimate of drug-likeness (QED) is 0.653. The Kier molecular flexibility index (Phi) is 9.14. The first-order valence-corrected chi connectivity index (χ1v) is 6.40. The molecule has 0 fully saturated rings. The third-order valence-electron chi connectivity index (χ3n) is 2.87. The Bertz CT molecular complexity index is 546. The first-order valence-electron chi connectivity index (χ1n) is 6.40. The summed E-state index contributed by atoms with van der Waals surface area (Å²) in [5.41, 5.74) is 1.63. The van der Waals surface area contributed by atoms with Crippen molar-refractivity contribution in [1.29, 1.82) is 0 Å². The number of hydrogen-bond acceptors (Lipinski definition) is 3. The molecule has 0 saturated carbocycles. The molecule has 3 nitrogen and oxygen atoms in total. The van der Waals surface area contributed by atoms with Crippen molar-refractivity contribution in [2.24, 2.45) is 0 Å². The third-order valence-corrected chi connectivity index (χ3v) is 2.87. The fraction of sp³-hybridized carbons (Fsp3) is 0.333. The molecular weight excluding hydrogens is 295 g/mol. The van der Waals surface area contributed by atoms with Gasteiger partial charge in [0, 0.05) is 30.1 Å². The zero-order valence-electron chi connectivity index (χ0n) is 11.5. The Morgan fingerprint density at radius 3 is 2.70 bits per heavy atom. The van der Waals surface area contributed by atoms with Crippen molar-refractivity contribution in [3.8, 4) is 0 Å². The molecule has 1 N–H and O–H groups in total. The molecule has 0 aliphatic carbocycles. The van der Waals surface area contributed by atoms with Crippen LogP contribution < -0.4 is 5.32 Å². The SMILES string of the molecule is CCCNCCC(=O)c1cnc2ccccc2c1.Cl.Cl. The van der Waals surface area contributed by atoms with Crippen LogP contribution in [0, 0.1) is 0 Å². The van der Waals surface area contributed by atoms with Gasteiger partial charge in [-0.25, -0.2) is 0 Å². The number of carbonyl (C=O) groups excluding carboxylic acids is 1. The molecule has 0 aliphatic heterocycles. The van der Waals surface area contributed by atoms with Gasteiger partial charge in [-0.15, -0.1) is 24.8 Å². The Balaban J connectivity index is 0.00000180. The van der Waals surface area contributed by atoms with Crippen LogP contribution >= 0.6 is 24.8 Å². The number of benzene rings is 1. The van der Waals surface area contributed by atoms with Crippen molar-refractivity contribution >= 4 is 41.5 Å². The second-order valence-corrected chi connectivity index (χ2v) is 4.34. The van der Waals surface area contributed by atoms with Gasteiger partial charge in [-0.2, -0.15) is 0 Å². The number of fused-ring (bicyclic) bond motifs is 1. The number of carbonyl (C=O) groups is 1. The molecule has 110 valence electrons. The van der Waals surface area contributed by atoms with Crippen molar-refractivity contribution in [3.05, 3.63) is 42.1 Å². The van der Waals surface area contributed by atoms with E-state index in [1.807, 2.05) is 30.3 Å². The smallest absolute Gasteiger partial charge is 0.165 e. The van der Waals surface area contributed by atoms with E-state index in [0.29, 0.717) is 12.0 Å². The normalized spacial score (nSPS) is 9.65. The lowest BCUT2D eigenvalue weighted by atomic mass is 10.1. The second kappa shape index (κ2) is 9.70. The zero-order valence-corrected chi connectivity index (χ0v) is 13.1. The average molecular weight is 315 g/mol. The second-order valence-electron chi connectivity index (χ2n) is 4.34. The van der Waals surface area contributed by atoms with E-state index in [1.165, 1.54) is 0 Å². The van der Waals surface area contributed by atoms with E-state index >= 15 is 0 Å². The minimum Gasteiger partial charge on any atom is -0.316 e. The highest BCUT2D eigenvalue weighted by Gasteiger charge is 2.06. The van der Waals surface area contributed by atoms with Gasteiger partial charge in [0.2, 0.25) is 0 Å². The molecule has 0 bridgehead atoms. The number of nitrogens with one attached hydrogen (secondary N) is 1. The number of pyridine rings is 1. The Morgan fingerprint density at radius 1 is 1.20 bits per heavy atom. The highest BCUT2D eigenvalue weighted by molar-refractivity contribution is 5.98. The molecule has 2 aromatic rings. The van der Waals surface area contributed by atoms with Crippen molar-refractivity contribution in [2.45, 2.75) is 19.8 Å². The Morgan fingerprint density at radius 2 is 1.95 bits per heavy atom. The molecule has 0 saturated heterocycles. The minimum atomic E-state index is 0. The summed E-state index contributed by atoms with van der Waals surface area (Å²) in [5, 5.41) is 4.25. The number of halogens is 2.